The van der Waals surface area contributed by atoms with E-state index in [1.54, 1.807) is 13.0 Å². The molecule has 1 N–H and O–H groups in total. The summed E-state index contributed by atoms with van der Waals surface area (Å²) in [4.78, 5) is 33.6. The van der Waals surface area contributed by atoms with E-state index in [2.05, 4.69) is 4.98 Å². The van der Waals surface area contributed by atoms with Crippen molar-refractivity contribution in [2.45, 2.75) is 39.8 Å². The van der Waals surface area contributed by atoms with Crippen LogP contribution in [0.1, 0.15) is 47.7 Å². The molecule has 7 nitrogen and oxygen atoms in total. The molecule has 36 heavy (non-hydrogen) atoms. The van der Waals surface area contributed by atoms with Crippen molar-refractivity contribution in [2.75, 3.05) is 19.8 Å². The molecule has 0 aliphatic carbocycles. The van der Waals surface area contributed by atoms with Crippen molar-refractivity contribution in [1.82, 2.24) is 9.88 Å². The predicted molar refractivity (Wildman–Crippen MR) is 139 cm³/mol. The Bertz CT molecular complexity index is 1280. The van der Waals surface area contributed by atoms with Gasteiger partial charge in [0.2, 0.25) is 5.78 Å². The zero-order valence-corrected chi connectivity index (χ0v) is 21.7. The molecule has 2 heterocycles. The van der Waals surface area contributed by atoms with E-state index in [1.807, 2.05) is 69.3 Å². The van der Waals surface area contributed by atoms with Gasteiger partial charge in [0.25, 0.3) is 5.91 Å². The van der Waals surface area contributed by atoms with Gasteiger partial charge in [-0.25, -0.2) is 4.98 Å². The molecule has 1 aromatic heterocycles. The van der Waals surface area contributed by atoms with E-state index in [9.17, 15) is 14.7 Å². The largest absolute Gasteiger partial charge is 0.503 e. The van der Waals surface area contributed by atoms with Gasteiger partial charge in [0.05, 0.1) is 41.5 Å². The molecule has 0 saturated heterocycles. The lowest BCUT2D eigenvalue weighted by atomic mass is 9.95. The highest BCUT2D eigenvalue weighted by atomic mass is 32.1. The Labute approximate surface area is 215 Å². The molecular formula is C28H30N2O5S. The van der Waals surface area contributed by atoms with Gasteiger partial charge < -0.3 is 19.5 Å². The first kappa shape index (κ1) is 25.6. The third-order valence-electron chi connectivity index (χ3n) is 5.84. The van der Waals surface area contributed by atoms with Gasteiger partial charge >= 0.3 is 0 Å². The van der Waals surface area contributed by atoms with E-state index in [0.717, 1.165) is 5.56 Å². The van der Waals surface area contributed by atoms with E-state index in [4.69, 9.17) is 9.47 Å². The third kappa shape index (κ3) is 5.20. The number of hydrogen-bond acceptors (Lipinski definition) is 7. The second-order valence-corrected chi connectivity index (χ2v) is 9.72. The molecule has 0 fully saturated rings. The number of hydrogen-bond donors (Lipinski definition) is 1. The molecular weight excluding hydrogens is 476 g/mol. The van der Waals surface area contributed by atoms with Crippen LogP contribution in [0.4, 0.5) is 0 Å². The van der Waals surface area contributed by atoms with Gasteiger partial charge in [0.15, 0.2) is 5.76 Å². The molecule has 4 rings (SSSR count). The van der Waals surface area contributed by atoms with Crippen molar-refractivity contribution >= 4 is 23.0 Å². The highest BCUT2D eigenvalue weighted by molar-refractivity contribution is 7.17. The van der Waals surface area contributed by atoms with E-state index in [-0.39, 0.29) is 24.8 Å². The smallest absolute Gasteiger partial charge is 0.290 e. The van der Waals surface area contributed by atoms with Gasteiger partial charge in [-0.1, -0.05) is 42.5 Å². The number of aromatic nitrogens is 1. The van der Waals surface area contributed by atoms with Gasteiger partial charge in [-0.15, -0.1) is 11.3 Å². The topological polar surface area (TPSA) is 89.0 Å². The lowest BCUT2D eigenvalue weighted by Crippen LogP contribution is -2.34. The summed E-state index contributed by atoms with van der Waals surface area (Å²) in [6.07, 6.45) is -0.0126. The van der Waals surface area contributed by atoms with Gasteiger partial charge in [-0.2, -0.15) is 0 Å². The summed E-state index contributed by atoms with van der Waals surface area (Å²) in [7, 11) is 0. The fourth-order valence-corrected chi connectivity index (χ4v) is 5.25. The number of carbonyl (C=O) groups is 2. The molecule has 0 saturated carbocycles. The van der Waals surface area contributed by atoms with Crippen LogP contribution in [0.5, 0.6) is 5.75 Å². The molecule has 1 aliphatic rings. The van der Waals surface area contributed by atoms with Crippen LogP contribution in [0, 0.1) is 6.92 Å². The number of carbonyl (C=O) groups excluding carboxylic acids is 2. The number of amides is 1. The van der Waals surface area contributed by atoms with Crippen molar-refractivity contribution in [2.24, 2.45) is 0 Å². The average molecular weight is 507 g/mol. The normalized spacial score (nSPS) is 15.8. The molecule has 0 bridgehead atoms. The Balaban J connectivity index is 1.75. The number of aryl methyl sites for hydroxylation is 1. The van der Waals surface area contributed by atoms with Gasteiger partial charge in [-0.05, 0) is 45.4 Å². The minimum Gasteiger partial charge on any atom is -0.503 e. The lowest BCUT2D eigenvalue weighted by Gasteiger charge is -2.27. The number of ketones is 1. The third-order valence-corrected chi connectivity index (χ3v) is 7.05. The molecule has 1 amide bonds. The second kappa shape index (κ2) is 11.1. The fraction of sp³-hybridized carbons (Fsp3) is 0.321. The van der Waals surface area contributed by atoms with E-state index >= 15 is 0 Å². The maximum absolute atomic E-state index is 13.9. The van der Waals surface area contributed by atoms with E-state index < -0.39 is 23.5 Å². The van der Waals surface area contributed by atoms with E-state index in [0.29, 0.717) is 33.5 Å². The number of nitrogens with zero attached hydrogens (tertiary/aromatic N) is 2. The Hall–Kier alpha value is -3.49. The summed E-state index contributed by atoms with van der Waals surface area (Å²) in [6, 6.07) is 16.1. The quantitative estimate of drug-likeness (QED) is 0.364. The highest BCUT2D eigenvalue weighted by Gasteiger charge is 2.44. The Morgan fingerprint density at radius 3 is 2.61 bits per heavy atom. The SMILES string of the molecule is CCOc1cccc(C2C(C(=O)c3sc(-c4ccccc4)nc3C)=C(O)C(=O)N2CCOC(C)C)c1. The number of benzene rings is 2. The standard InChI is InChI=1S/C28H30N2O5S/c1-5-34-21-13-9-12-20(16-21)23-22(25(32)28(33)30(23)14-15-35-17(2)3)24(31)26-18(4)29-27(36-26)19-10-7-6-8-11-19/h6-13,16-17,23,32H,5,14-15H2,1-4H3. The molecule has 188 valence electrons. The summed E-state index contributed by atoms with van der Waals surface area (Å²) >= 11 is 1.26. The maximum Gasteiger partial charge on any atom is 0.290 e. The zero-order valence-electron chi connectivity index (χ0n) is 20.9. The minimum absolute atomic E-state index is 0.0126. The van der Waals surface area contributed by atoms with Crippen molar-refractivity contribution in [3.63, 3.8) is 0 Å². The zero-order chi connectivity index (χ0) is 25.8. The summed E-state index contributed by atoms with van der Waals surface area (Å²) < 4.78 is 11.3. The summed E-state index contributed by atoms with van der Waals surface area (Å²) in [6.45, 7) is 8.46. The Morgan fingerprint density at radius 1 is 1.17 bits per heavy atom. The van der Waals surface area contributed by atoms with Crippen molar-refractivity contribution in [3.8, 4) is 16.3 Å². The fourth-order valence-electron chi connectivity index (χ4n) is 4.22. The van der Waals surface area contributed by atoms with Crippen LogP contribution in [-0.4, -0.2) is 52.5 Å². The summed E-state index contributed by atoms with van der Waals surface area (Å²) in [5, 5.41) is 11.7. The van der Waals surface area contributed by atoms with Crippen LogP contribution in [0.15, 0.2) is 65.9 Å². The molecule has 1 aliphatic heterocycles. The first-order valence-electron chi connectivity index (χ1n) is 12.0. The van der Waals surface area contributed by atoms with Gasteiger partial charge in [0, 0.05) is 12.1 Å². The van der Waals surface area contributed by atoms with Crippen LogP contribution in [0.25, 0.3) is 10.6 Å². The lowest BCUT2D eigenvalue weighted by molar-refractivity contribution is -0.130. The molecule has 0 spiro atoms. The monoisotopic (exact) mass is 506 g/mol. The van der Waals surface area contributed by atoms with Crippen LogP contribution < -0.4 is 4.74 Å². The number of rotatable bonds is 10. The Morgan fingerprint density at radius 2 is 1.92 bits per heavy atom. The van der Waals surface area contributed by atoms with Crippen molar-refractivity contribution < 1.29 is 24.2 Å². The predicted octanol–water partition coefficient (Wildman–Crippen LogP) is 5.52. The van der Waals surface area contributed by atoms with Crippen molar-refractivity contribution in [1.29, 1.82) is 0 Å². The summed E-state index contributed by atoms with van der Waals surface area (Å²) in [5.74, 6) is -0.912. The number of Topliss-reactive ketones (excluding diaryl/α,β-unsaturated/α-hetero) is 1. The first-order chi connectivity index (χ1) is 17.3. The van der Waals surface area contributed by atoms with Crippen LogP contribution in [0.2, 0.25) is 0 Å². The van der Waals surface area contributed by atoms with Crippen LogP contribution in [0.3, 0.4) is 0 Å². The molecule has 3 aromatic rings. The average Bonchev–Trinajstić information content (AvgIpc) is 3.37. The number of aliphatic hydroxyl groups excluding tert-OH is 1. The summed E-state index contributed by atoms with van der Waals surface area (Å²) in [5.41, 5.74) is 2.18. The second-order valence-electron chi connectivity index (χ2n) is 8.72. The van der Waals surface area contributed by atoms with Gasteiger partial charge in [-0.3, -0.25) is 9.59 Å². The highest BCUT2D eigenvalue weighted by Crippen LogP contribution is 2.41. The minimum atomic E-state index is -0.775. The van der Waals surface area contributed by atoms with Crippen molar-refractivity contribution in [3.05, 3.63) is 82.1 Å². The first-order valence-corrected chi connectivity index (χ1v) is 12.8. The van der Waals surface area contributed by atoms with Gasteiger partial charge in [0.1, 0.15) is 10.8 Å². The number of thiazole rings is 1. The Kier molecular flexibility index (Phi) is 7.86. The molecule has 1 atom stereocenters. The number of ether oxygens (including phenoxy) is 2. The van der Waals surface area contributed by atoms with Crippen LogP contribution in [-0.2, 0) is 9.53 Å². The molecule has 8 heteroatoms. The maximum atomic E-state index is 13.9. The molecule has 1 unspecified atom stereocenters. The molecule has 0 radical (unpaired) electrons. The molecule has 2 aromatic carbocycles. The number of aliphatic hydroxyl groups is 1. The van der Waals surface area contributed by atoms with E-state index in [1.165, 1.54) is 16.2 Å². The van der Waals surface area contributed by atoms with Crippen LogP contribution >= 0.6 is 11.3 Å².